The van der Waals surface area contributed by atoms with Crippen LogP contribution in [-0.2, 0) is 0 Å². The van der Waals surface area contributed by atoms with Gasteiger partial charge in [0.05, 0.1) is 11.0 Å². The van der Waals surface area contributed by atoms with Crippen molar-refractivity contribution in [2.24, 2.45) is 0 Å². The minimum absolute atomic E-state index is 0.136. The number of hydrogen-bond donors (Lipinski definition) is 1. The molecule has 3 rings (SSSR count). The predicted molar refractivity (Wildman–Crippen MR) is 85.7 cm³/mol. The highest BCUT2D eigenvalue weighted by Gasteiger charge is 2.28. The summed E-state index contributed by atoms with van der Waals surface area (Å²) in [6.45, 7) is 2.71. The molecule has 7 heteroatoms. The lowest BCUT2D eigenvalue weighted by molar-refractivity contribution is -0.385. The number of aliphatic hydroxyl groups excluding tert-OH is 1. The molecule has 0 aromatic heterocycles. The van der Waals surface area contributed by atoms with Gasteiger partial charge in [0.25, 0.3) is 11.6 Å². The number of likely N-dealkylation sites (tertiary alicyclic amines) is 1. The van der Waals surface area contributed by atoms with Crippen LogP contribution in [0.5, 0.6) is 0 Å². The SMILES string of the molecule is O=C(c1cc(N2CCC(O)CC2)ccc1[N+](=O)[O-])N1CCCC1. The lowest BCUT2D eigenvalue weighted by Gasteiger charge is -2.31. The van der Waals surface area contributed by atoms with E-state index in [4.69, 9.17) is 0 Å². The number of benzene rings is 1. The van der Waals surface area contributed by atoms with Crippen molar-refractivity contribution in [2.75, 3.05) is 31.1 Å². The Morgan fingerprint density at radius 2 is 1.83 bits per heavy atom. The van der Waals surface area contributed by atoms with Gasteiger partial charge in [-0.25, -0.2) is 0 Å². The Morgan fingerprint density at radius 3 is 2.43 bits per heavy atom. The molecular formula is C16H21N3O4. The lowest BCUT2D eigenvalue weighted by Crippen LogP contribution is -2.36. The van der Waals surface area contributed by atoms with Crippen LogP contribution in [0.4, 0.5) is 11.4 Å². The van der Waals surface area contributed by atoms with Crippen LogP contribution in [0, 0.1) is 10.1 Å². The van der Waals surface area contributed by atoms with Crippen LogP contribution in [0.15, 0.2) is 18.2 Å². The van der Waals surface area contributed by atoms with Gasteiger partial charge in [0.2, 0.25) is 0 Å². The molecule has 2 saturated heterocycles. The molecule has 1 aromatic carbocycles. The maximum atomic E-state index is 12.6. The molecule has 0 spiro atoms. The highest BCUT2D eigenvalue weighted by Crippen LogP contribution is 2.29. The smallest absolute Gasteiger partial charge is 0.282 e. The summed E-state index contributed by atoms with van der Waals surface area (Å²) >= 11 is 0. The Bertz CT molecular complexity index is 605. The van der Waals surface area contributed by atoms with E-state index in [-0.39, 0.29) is 23.3 Å². The largest absolute Gasteiger partial charge is 0.393 e. The number of nitro benzene ring substituents is 1. The van der Waals surface area contributed by atoms with Gasteiger partial charge in [0, 0.05) is 37.9 Å². The van der Waals surface area contributed by atoms with Gasteiger partial charge in [-0.1, -0.05) is 0 Å². The molecule has 0 unspecified atom stereocenters. The monoisotopic (exact) mass is 319 g/mol. The summed E-state index contributed by atoms with van der Waals surface area (Å²) in [7, 11) is 0. The molecule has 0 saturated carbocycles. The van der Waals surface area contributed by atoms with E-state index in [0.29, 0.717) is 39.0 Å². The van der Waals surface area contributed by atoms with Crippen molar-refractivity contribution in [3.63, 3.8) is 0 Å². The third-order valence-corrected chi connectivity index (χ3v) is 4.63. The van der Waals surface area contributed by atoms with E-state index in [1.54, 1.807) is 17.0 Å². The summed E-state index contributed by atoms with van der Waals surface area (Å²) in [4.78, 5) is 27.1. The second kappa shape index (κ2) is 6.54. The highest BCUT2D eigenvalue weighted by atomic mass is 16.6. The molecule has 1 aromatic rings. The number of nitrogens with zero attached hydrogens (tertiary/aromatic N) is 3. The fourth-order valence-electron chi connectivity index (χ4n) is 3.27. The molecule has 23 heavy (non-hydrogen) atoms. The first-order valence-electron chi connectivity index (χ1n) is 8.07. The summed E-state index contributed by atoms with van der Waals surface area (Å²) < 4.78 is 0. The Morgan fingerprint density at radius 1 is 1.17 bits per heavy atom. The van der Waals surface area contributed by atoms with Crippen molar-refractivity contribution < 1.29 is 14.8 Å². The molecule has 0 bridgehead atoms. The molecule has 1 amide bonds. The lowest BCUT2D eigenvalue weighted by atomic mass is 10.1. The number of nitro groups is 1. The van der Waals surface area contributed by atoms with Crippen LogP contribution in [-0.4, -0.2) is 53.1 Å². The van der Waals surface area contributed by atoms with Crippen molar-refractivity contribution in [1.82, 2.24) is 4.90 Å². The van der Waals surface area contributed by atoms with Gasteiger partial charge in [-0.3, -0.25) is 14.9 Å². The zero-order chi connectivity index (χ0) is 16.4. The van der Waals surface area contributed by atoms with Crippen LogP contribution in [0.1, 0.15) is 36.0 Å². The third-order valence-electron chi connectivity index (χ3n) is 4.63. The fourth-order valence-corrected chi connectivity index (χ4v) is 3.27. The normalized spacial score (nSPS) is 19.2. The number of carbonyl (C=O) groups is 1. The molecule has 2 fully saturated rings. The molecule has 0 aliphatic carbocycles. The van der Waals surface area contributed by atoms with Gasteiger partial charge in [-0.2, -0.15) is 0 Å². The Kier molecular flexibility index (Phi) is 4.47. The zero-order valence-electron chi connectivity index (χ0n) is 13.0. The van der Waals surface area contributed by atoms with E-state index in [1.807, 2.05) is 0 Å². The molecule has 0 radical (unpaired) electrons. The molecule has 0 atom stereocenters. The molecular weight excluding hydrogens is 298 g/mol. The van der Waals surface area contributed by atoms with Gasteiger partial charge < -0.3 is 14.9 Å². The standard InChI is InChI=1S/C16H21N3O4/c20-13-5-9-17(10-6-13)12-3-4-15(19(22)23)14(11-12)16(21)18-7-1-2-8-18/h3-4,11,13,20H,1-2,5-10H2. The minimum atomic E-state index is -0.493. The first kappa shape index (κ1) is 15.7. The number of amides is 1. The zero-order valence-corrected chi connectivity index (χ0v) is 13.0. The van der Waals surface area contributed by atoms with Crippen molar-refractivity contribution in [1.29, 1.82) is 0 Å². The molecule has 1 N–H and O–H groups in total. The summed E-state index contributed by atoms with van der Waals surface area (Å²) in [5, 5.41) is 20.9. The Labute approximate surface area is 134 Å². The van der Waals surface area contributed by atoms with Gasteiger partial charge in [-0.15, -0.1) is 0 Å². The van der Waals surface area contributed by atoms with Crippen LogP contribution in [0.3, 0.4) is 0 Å². The third kappa shape index (κ3) is 3.29. The van der Waals surface area contributed by atoms with Crippen LogP contribution >= 0.6 is 0 Å². The summed E-state index contributed by atoms with van der Waals surface area (Å²) in [6.07, 6.45) is 2.96. The van der Waals surface area contributed by atoms with Crippen LogP contribution < -0.4 is 4.90 Å². The second-order valence-electron chi connectivity index (χ2n) is 6.18. The summed E-state index contributed by atoms with van der Waals surface area (Å²) in [6, 6.07) is 4.75. The number of aliphatic hydroxyl groups is 1. The average Bonchev–Trinajstić information content (AvgIpc) is 3.08. The highest BCUT2D eigenvalue weighted by molar-refractivity contribution is 5.99. The summed E-state index contributed by atoms with van der Waals surface area (Å²) in [5.41, 5.74) is 0.841. The topological polar surface area (TPSA) is 86.9 Å². The fraction of sp³-hybridized carbons (Fsp3) is 0.562. The van der Waals surface area contributed by atoms with Crippen molar-refractivity contribution in [2.45, 2.75) is 31.8 Å². The van der Waals surface area contributed by atoms with Crippen molar-refractivity contribution in [3.05, 3.63) is 33.9 Å². The van der Waals surface area contributed by atoms with Gasteiger partial charge >= 0.3 is 0 Å². The number of rotatable bonds is 3. The maximum absolute atomic E-state index is 12.6. The van der Waals surface area contributed by atoms with E-state index >= 15 is 0 Å². The van der Waals surface area contributed by atoms with E-state index in [9.17, 15) is 20.0 Å². The molecule has 124 valence electrons. The first-order valence-corrected chi connectivity index (χ1v) is 8.07. The second-order valence-corrected chi connectivity index (χ2v) is 6.18. The predicted octanol–water partition coefficient (Wildman–Crippen LogP) is 1.79. The number of hydrogen-bond acceptors (Lipinski definition) is 5. The minimum Gasteiger partial charge on any atom is -0.393 e. The molecule has 7 nitrogen and oxygen atoms in total. The van der Waals surface area contributed by atoms with Crippen molar-refractivity contribution >= 4 is 17.3 Å². The van der Waals surface area contributed by atoms with E-state index in [0.717, 1.165) is 18.5 Å². The van der Waals surface area contributed by atoms with Crippen LogP contribution in [0.25, 0.3) is 0 Å². The van der Waals surface area contributed by atoms with E-state index in [2.05, 4.69) is 4.90 Å². The molecule has 2 aliphatic rings. The van der Waals surface area contributed by atoms with Crippen molar-refractivity contribution in [3.8, 4) is 0 Å². The van der Waals surface area contributed by atoms with Gasteiger partial charge in [-0.05, 0) is 37.8 Å². The maximum Gasteiger partial charge on any atom is 0.282 e. The number of anilines is 1. The van der Waals surface area contributed by atoms with E-state index < -0.39 is 4.92 Å². The average molecular weight is 319 g/mol. The Balaban J connectivity index is 1.90. The van der Waals surface area contributed by atoms with E-state index in [1.165, 1.54) is 6.07 Å². The Hall–Kier alpha value is -2.15. The summed E-state index contributed by atoms with van der Waals surface area (Å²) in [5.74, 6) is -0.256. The molecule has 2 heterocycles. The first-order chi connectivity index (χ1) is 11.1. The quantitative estimate of drug-likeness (QED) is 0.678. The number of carbonyl (C=O) groups excluding carboxylic acids is 1. The van der Waals surface area contributed by atoms with Crippen LogP contribution in [0.2, 0.25) is 0 Å². The van der Waals surface area contributed by atoms with Gasteiger partial charge in [0.1, 0.15) is 5.56 Å². The van der Waals surface area contributed by atoms with Gasteiger partial charge in [0.15, 0.2) is 0 Å². The number of piperidine rings is 1. The molecule has 2 aliphatic heterocycles.